The van der Waals surface area contributed by atoms with E-state index in [-0.39, 0.29) is 37.2 Å². The Morgan fingerprint density at radius 2 is 1.68 bits per heavy atom. The molecule has 3 amide bonds. The second kappa shape index (κ2) is 10.0. The molecule has 0 radical (unpaired) electrons. The molecule has 5 rings (SSSR count). The van der Waals surface area contributed by atoms with E-state index in [2.05, 4.69) is 5.32 Å². The SMILES string of the molecule is CC[C@@H](C)NC(=O)[C@@H]1COC2(CCN(C(=O)c3ccc4c(c3)OCO4)CC2)N1C(=O)c1ccc(C)cc1. The van der Waals surface area contributed by atoms with Gasteiger partial charge in [-0.25, -0.2) is 0 Å². The Labute approximate surface area is 216 Å². The minimum absolute atomic E-state index is 0.0125. The molecule has 2 aromatic rings. The van der Waals surface area contributed by atoms with E-state index in [9.17, 15) is 14.4 Å². The van der Waals surface area contributed by atoms with E-state index in [0.717, 1.165) is 12.0 Å². The van der Waals surface area contributed by atoms with Gasteiger partial charge in [0.2, 0.25) is 12.7 Å². The van der Waals surface area contributed by atoms with Crippen LogP contribution in [0, 0.1) is 6.92 Å². The highest BCUT2D eigenvalue weighted by Gasteiger charge is 2.54. The first-order valence-electron chi connectivity index (χ1n) is 12.8. The van der Waals surface area contributed by atoms with Crippen LogP contribution in [0.3, 0.4) is 0 Å². The highest BCUT2D eigenvalue weighted by atomic mass is 16.7. The molecule has 9 nitrogen and oxygen atoms in total. The topological polar surface area (TPSA) is 97.4 Å². The maximum Gasteiger partial charge on any atom is 0.256 e. The monoisotopic (exact) mass is 507 g/mol. The number of piperidine rings is 1. The molecule has 1 N–H and O–H groups in total. The summed E-state index contributed by atoms with van der Waals surface area (Å²) in [6.07, 6.45) is 1.61. The first kappa shape index (κ1) is 25.1. The van der Waals surface area contributed by atoms with E-state index in [1.807, 2.05) is 32.9 Å². The second-order valence-electron chi connectivity index (χ2n) is 9.99. The summed E-state index contributed by atoms with van der Waals surface area (Å²) in [6.45, 7) is 6.96. The summed E-state index contributed by atoms with van der Waals surface area (Å²) in [5, 5.41) is 3.01. The Morgan fingerprint density at radius 1 is 1.00 bits per heavy atom. The molecule has 3 aliphatic heterocycles. The largest absolute Gasteiger partial charge is 0.454 e. The van der Waals surface area contributed by atoms with Crippen LogP contribution in [0.1, 0.15) is 59.4 Å². The number of carbonyl (C=O) groups is 3. The lowest BCUT2D eigenvalue weighted by atomic mass is 9.95. The van der Waals surface area contributed by atoms with Crippen molar-refractivity contribution in [3.63, 3.8) is 0 Å². The fourth-order valence-electron chi connectivity index (χ4n) is 5.11. The predicted octanol–water partition coefficient (Wildman–Crippen LogP) is 3.11. The molecule has 2 atom stereocenters. The van der Waals surface area contributed by atoms with Crippen LogP contribution in [-0.4, -0.2) is 71.8 Å². The summed E-state index contributed by atoms with van der Waals surface area (Å²) in [5.41, 5.74) is 1.12. The first-order chi connectivity index (χ1) is 17.8. The van der Waals surface area contributed by atoms with Gasteiger partial charge in [-0.3, -0.25) is 19.3 Å². The van der Waals surface area contributed by atoms with E-state index in [0.29, 0.717) is 48.6 Å². The molecule has 0 saturated carbocycles. The van der Waals surface area contributed by atoms with Gasteiger partial charge < -0.3 is 24.4 Å². The predicted molar refractivity (Wildman–Crippen MR) is 135 cm³/mol. The molecular formula is C28H33N3O6. The van der Waals surface area contributed by atoms with Crippen molar-refractivity contribution in [1.29, 1.82) is 0 Å². The number of hydrogen-bond acceptors (Lipinski definition) is 6. The number of amides is 3. The lowest BCUT2D eigenvalue weighted by Gasteiger charge is -2.44. The van der Waals surface area contributed by atoms with Crippen molar-refractivity contribution in [2.24, 2.45) is 0 Å². The van der Waals surface area contributed by atoms with E-state index in [1.165, 1.54) is 0 Å². The zero-order valence-corrected chi connectivity index (χ0v) is 21.5. The molecule has 3 heterocycles. The molecule has 0 bridgehead atoms. The van der Waals surface area contributed by atoms with Gasteiger partial charge >= 0.3 is 0 Å². The minimum Gasteiger partial charge on any atom is -0.454 e. The summed E-state index contributed by atoms with van der Waals surface area (Å²) in [5.74, 6) is 0.612. The molecule has 2 saturated heterocycles. The Bertz CT molecular complexity index is 1190. The Morgan fingerprint density at radius 3 is 2.38 bits per heavy atom. The van der Waals surface area contributed by atoms with Gasteiger partial charge in [0.15, 0.2) is 11.5 Å². The number of carbonyl (C=O) groups excluding carboxylic acids is 3. The van der Waals surface area contributed by atoms with Gasteiger partial charge in [0.25, 0.3) is 11.8 Å². The second-order valence-corrected chi connectivity index (χ2v) is 9.99. The van der Waals surface area contributed by atoms with Crippen LogP contribution in [0.4, 0.5) is 0 Å². The smallest absolute Gasteiger partial charge is 0.256 e. The molecule has 3 aliphatic rings. The van der Waals surface area contributed by atoms with E-state index < -0.39 is 11.8 Å². The molecular weight excluding hydrogens is 474 g/mol. The van der Waals surface area contributed by atoms with Gasteiger partial charge in [0.1, 0.15) is 11.8 Å². The maximum atomic E-state index is 13.8. The fourth-order valence-corrected chi connectivity index (χ4v) is 5.11. The Kier molecular flexibility index (Phi) is 6.81. The third-order valence-electron chi connectivity index (χ3n) is 7.53. The van der Waals surface area contributed by atoms with Crippen molar-refractivity contribution in [2.45, 2.75) is 57.8 Å². The average molecular weight is 508 g/mol. The number of ether oxygens (including phenoxy) is 3. The van der Waals surface area contributed by atoms with Crippen molar-refractivity contribution >= 4 is 17.7 Å². The normalized spacial score (nSPS) is 20.7. The van der Waals surface area contributed by atoms with Crippen LogP contribution in [0.5, 0.6) is 11.5 Å². The molecule has 1 spiro atoms. The number of nitrogens with one attached hydrogen (secondary N) is 1. The van der Waals surface area contributed by atoms with Gasteiger partial charge in [0.05, 0.1) is 6.61 Å². The number of nitrogens with zero attached hydrogens (tertiary/aromatic N) is 2. The van der Waals surface area contributed by atoms with Crippen molar-refractivity contribution < 1.29 is 28.6 Å². The summed E-state index contributed by atoms with van der Waals surface area (Å²) in [7, 11) is 0. The third-order valence-corrected chi connectivity index (χ3v) is 7.53. The summed E-state index contributed by atoms with van der Waals surface area (Å²) >= 11 is 0. The molecule has 2 aromatic carbocycles. The lowest BCUT2D eigenvalue weighted by Crippen LogP contribution is -2.60. The molecule has 0 aliphatic carbocycles. The third kappa shape index (κ3) is 4.75. The highest BCUT2D eigenvalue weighted by molar-refractivity contribution is 5.99. The number of rotatable bonds is 5. The van der Waals surface area contributed by atoms with Crippen molar-refractivity contribution in [1.82, 2.24) is 15.1 Å². The van der Waals surface area contributed by atoms with E-state index in [4.69, 9.17) is 14.2 Å². The van der Waals surface area contributed by atoms with Crippen LogP contribution in [-0.2, 0) is 9.53 Å². The summed E-state index contributed by atoms with van der Waals surface area (Å²) < 4.78 is 17.0. The van der Waals surface area contributed by atoms with E-state index >= 15 is 0 Å². The lowest BCUT2D eigenvalue weighted by molar-refractivity contribution is -0.128. The van der Waals surface area contributed by atoms with Crippen molar-refractivity contribution in [3.8, 4) is 11.5 Å². The van der Waals surface area contributed by atoms with Gasteiger partial charge in [-0.1, -0.05) is 24.6 Å². The quantitative estimate of drug-likeness (QED) is 0.668. The molecule has 0 unspecified atom stereocenters. The average Bonchev–Trinajstić information content (AvgIpc) is 3.53. The van der Waals surface area contributed by atoms with Gasteiger partial charge in [-0.15, -0.1) is 0 Å². The molecule has 9 heteroatoms. The highest BCUT2D eigenvalue weighted by Crippen LogP contribution is 2.39. The summed E-state index contributed by atoms with van der Waals surface area (Å²) in [4.78, 5) is 43.6. The van der Waals surface area contributed by atoms with Crippen molar-refractivity contribution in [2.75, 3.05) is 26.5 Å². The standard InChI is InChI=1S/C28H33N3O6/c1-4-19(3)29-25(32)22-16-37-28(31(22)27(34)20-7-5-18(2)6-8-20)11-13-30(14-12-28)26(33)21-9-10-23-24(15-21)36-17-35-23/h5-10,15,19,22H,4,11-14,16-17H2,1-3H3,(H,29,32)/t19-,22+/m1/s1. The van der Waals surface area contributed by atoms with Crippen LogP contribution in [0.15, 0.2) is 42.5 Å². The number of benzene rings is 2. The van der Waals surface area contributed by atoms with E-state index in [1.54, 1.807) is 40.1 Å². The molecule has 0 aromatic heterocycles. The molecule has 196 valence electrons. The van der Waals surface area contributed by atoms with Gasteiger partial charge in [-0.05, 0) is 50.6 Å². The minimum atomic E-state index is -0.953. The Hall–Kier alpha value is -3.59. The summed E-state index contributed by atoms with van der Waals surface area (Å²) in [6, 6.07) is 11.8. The van der Waals surface area contributed by atoms with Crippen LogP contribution < -0.4 is 14.8 Å². The fraction of sp³-hybridized carbons (Fsp3) is 0.464. The zero-order valence-electron chi connectivity index (χ0n) is 21.5. The number of aryl methyl sites for hydroxylation is 1. The zero-order chi connectivity index (χ0) is 26.2. The number of likely N-dealkylation sites (tertiary alicyclic amines) is 1. The molecule has 2 fully saturated rings. The maximum absolute atomic E-state index is 13.8. The van der Waals surface area contributed by atoms with Gasteiger partial charge in [0, 0.05) is 43.1 Å². The van der Waals surface area contributed by atoms with Crippen LogP contribution >= 0.6 is 0 Å². The van der Waals surface area contributed by atoms with Crippen molar-refractivity contribution in [3.05, 3.63) is 59.2 Å². The van der Waals surface area contributed by atoms with Gasteiger partial charge in [-0.2, -0.15) is 0 Å². The number of hydrogen-bond donors (Lipinski definition) is 1. The number of fused-ring (bicyclic) bond motifs is 1. The first-order valence-corrected chi connectivity index (χ1v) is 12.8. The van der Waals surface area contributed by atoms with Crippen LogP contribution in [0.25, 0.3) is 0 Å². The Balaban J connectivity index is 1.36. The van der Waals surface area contributed by atoms with Crippen LogP contribution in [0.2, 0.25) is 0 Å². The molecule has 37 heavy (non-hydrogen) atoms.